The summed E-state index contributed by atoms with van der Waals surface area (Å²) in [4.78, 5) is 4.23. The van der Waals surface area contributed by atoms with Gasteiger partial charge in [0, 0.05) is 39.3 Å². The molecule has 0 saturated heterocycles. The fourth-order valence-corrected chi connectivity index (χ4v) is 2.59. The van der Waals surface area contributed by atoms with Gasteiger partial charge in [-0.2, -0.15) is 0 Å². The Balaban J connectivity index is 2.05. The fourth-order valence-electron chi connectivity index (χ4n) is 1.80. The minimum Gasteiger partial charge on any atom is -0.392 e. The molecule has 1 aromatic heterocycles. The van der Waals surface area contributed by atoms with E-state index in [1.165, 1.54) is 0 Å². The minimum absolute atomic E-state index is 0.413. The third-order valence-corrected chi connectivity index (χ3v) is 3.91. The second-order valence-corrected chi connectivity index (χ2v) is 5.96. The van der Waals surface area contributed by atoms with E-state index < -0.39 is 6.10 Å². The van der Waals surface area contributed by atoms with Crippen molar-refractivity contribution in [2.45, 2.75) is 18.9 Å². The lowest BCUT2D eigenvalue weighted by molar-refractivity contribution is 0.174. The molecule has 2 rings (SSSR count). The number of halogens is 3. The molecule has 5 heteroatoms. The van der Waals surface area contributed by atoms with E-state index in [9.17, 15) is 5.11 Å². The second-order valence-electron chi connectivity index (χ2n) is 4.23. The number of aliphatic hydroxyl groups is 1. The zero-order valence-electron chi connectivity index (χ0n) is 9.98. The van der Waals surface area contributed by atoms with Crippen LogP contribution >= 0.6 is 39.1 Å². The lowest BCUT2D eigenvalue weighted by Crippen LogP contribution is -2.15. The maximum absolute atomic E-state index is 10.1. The predicted molar refractivity (Wildman–Crippen MR) is 81.8 cm³/mol. The fraction of sp³-hybridized carbons (Fsp3) is 0.214. The van der Waals surface area contributed by atoms with Crippen molar-refractivity contribution in [1.82, 2.24) is 4.98 Å². The van der Waals surface area contributed by atoms with Crippen LogP contribution in [0, 0.1) is 0 Å². The largest absolute Gasteiger partial charge is 0.392 e. The van der Waals surface area contributed by atoms with Crippen LogP contribution in [-0.4, -0.2) is 16.2 Å². The molecule has 1 heterocycles. The third-order valence-electron chi connectivity index (χ3n) is 2.73. The molecule has 2 aromatic rings. The molecular weight excluding hydrogens is 349 g/mol. The molecule has 100 valence electrons. The number of nitrogens with zero attached hydrogens (tertiary/aromatic N) is 1. The normalized spacial score (nSPS) is 12.4. The topological polar surface area (TPSA) is 33.1 Å². The summed E-state index contributed by atoms with van der Waals surface area (Å²) in [6, 6.07) is 9.11. The van der Waals surface area contributed by atoms with E-state index >= 15 is 0 Å². The first kappa shape index (κ1) is 14.8. The zero-order valence-corrected chi connectivity index (χ0v) is 13.1. The van der Waals surface area contributed by atoms with Crippen LogP contribution in [0.5, 0.6) is 0 Å². The number of hydrogen-bond acceptors (Lipinski definition) is 2. The predicted octanol–water partition coefficient (Wildman–Crippen LogP) is 4.30. The van der Waals surface area contributed by atoms with Crippen molar-refractivity contribution < 1.29 is 5.11 Å². The first-order valence-electron chi connectivity index (χ1n) is 5.77. The summed E-state index contributed by atoms with van der Waals surface area (Å²) in [6.45, 7) is 0. The van der Waals surface area contributed by atoms with E-state index in [0.717, 1.165) is 15.7 Å². The van der Waals surface area contributed by atoms with E-state index in [1.807, 2.05) is 12.1 Å². The number of aliphatic hydroxyl groups excluding tert-OH is 1. The van der Waals surface area contributed by atoms with Gasteiger partial charge in [0.1, 0.15) is 0 Å². The Morgan fingerprint density at radius 2 is 1.79 bits per heavy atom. The SMILES string of the molecule is OC(Cc1ccc(Br)cn1)Cc1c(Cl)cccc1Cl. The Hall–Kier alpha value is -0.610. The summed E-state index contributed by atoms with van der Waals surface area (Å²) in [5, 5.41) is 11.3. The summed E-state index contributed by atoms with van der Waals surface area (Å²) in [7, 11) is 0. The van der Waals surface area contributed by atoms with Crippen molar-refractivity contribution in [3.63, 3.8) is 0 Å². The average molecular weight is 361 g/mol. The Kier molecular flexibility index (Phi) is 5.22. The molecule has 0 amide bonds. The second kappa shape index (κ2) is 6.71. The van der Waals surface area contributed by atoms with Gasteiger partial charge < -0.3 is 5.11 Å². The summed E-state index contributed by atoms with van der Waals surface area (Å²) < 4.78 is 0.917. The van der Waals surface area contributed by atoms with Gasteiger partial charge in [0.25, 0.3) is 0 Å². The van der Waals surface area contributed by atoms with E-state index in [4.69, 9.17) is 23.2 Å². The standard InChI is InChI=1S/C14H12BrCl2NO/c15-9-4-5-10(18-8-9)6-11(19)7-12-13(16)2-1-3-14(12)17/h1-5,8,11,19H,6-7H2. The molecule has 0 aliphatic rings. The number of rotatable bonds is 4. The van der Waals surface area contributed by atoms with Crippen LogP contribution in [0.2, 0.25) is 10.0 Å². The lowest BCUT2D eigenvalue weighted by atomic mass is 10.0. The van der Waals surface area contributed by atoms with Crippen LogP contribution in [0.3, 0.4) is 0 Å². The highest BCUT2D eigenvalue weighted by molar-refractivity contribution is 9.10. The molecule has 1 aromatic carbocycles. The smallest absolute Gasteiger partial charge is 0.0637 e. The molecule has 0 fully saturated rings. The van der Waals surface area contributed by atoms with Crippen LogP contribution in [0.1, 0.15) is 11.3 Å². The van der Waals surface area contributed by atoms with Gasteiger partial charge in [-0.3, -0.25) is 4.98 Å². The van der Waals surface area contributed by atoms with E-state index in [-0.39, 0.29) is 0 Å². The minimum atomic E-state index is -0.564. The van der Waals surface area contributed by atoms with Gasteiger partial charge in [0.2, 0.25) is 0 Å². The molecule has 0 saturated carbocycles. The first-order chi connectivity index (χ1) is 9.06. The molecule has 0 aliphatic heterocycles. The Labute approximate surface area is 130 Å². The van der Waals surface area contributed by atoms with Gasteiger partial charge >= 0.3 is 0 Å². The van der Waals surface area contributed by atoms with E-state index in [0.29, 0.717) is 22.9 Å². The van der Waals surface area contributed by atoms with Gasteiger partial charge in [-0.1, -0.05) is 29.3 Å². The molecule has 19 heavy (non-hydrogen) atoms. The van der Waals surface area contributed by atoms with Crippen molar-refractivity contribution in [3.8, 4) is 0 Å². The molecule has 0 bridgehead atoms. The monoisotopic (exact) mass is 359 g/mol. The summed E-state index contributed by atoms with van der Waals surface area (Å²) in [6.07, 6.45) is 2.03. The quantitative estimate of drug-likeness (QED) is 0.881. The highest BCUT2D eigenvalue weighted by Gasteiger charge is 2.13. The number of pyridine rings is 1. The molecular formula is C14H12BrCl2NO. The summed E-state index contributed by atoms with van der Waals surface area (Å²) >= 11 is 15.5. The van der Waals surface area contributed by atoms with Crippen LogP contribution in [-0.2, 0) is 12.8 Å². The number of aromatic nitrogens is 1. The van der Waals surface area contributed by atoms with Crippen LogP contribution in [0.15, 0.2) is 41.0 Å². The van der Waals surface area contributed by atoms with Crippen molar-refractivity contribution in [2.75, 3.05) is 0 Å². The number of benzene rings is 1. The Morgan fingerprint density at radius 1 is 1.11 bits per heavy atom. The maximum atomic E-state index is 10.1. The van der Waals surface area contributed by atoms with Crippen LogP contribution < -0.4 is 0 Å². The van der Waals surface area contributed by atoms with Gasteiger partial charge in [-0.15, -0.1) is 0 Å². The highest BCUT2D eigenvalue weighted by atomic mass is 79.9. The van der Waals surface area contributed by atoms with Gasteiger partial charge in [-0.25, -0.2) is 0 Å². The Morgan fingerprint density at radius 3 is 2.37 bits per heavy atom. The van der Waals surface area contributed by atoms with Crippen molar-refractivity contribution in [3.05, 3.63) is 62.3 Å². The first-order valence-corrected chi connectivity index (χ1v) is 7.32. The van der Waals surface area contributed by atoms with Crippen molar-refractivity contribution >= 4 is 39.1 Å². The summed E-state index contributed by atoms with van der Waals surface area (Å²) in [5.74, 6) is 0. The zero-order chi connectivity index (χ0) is 13.8. The molecule has 2 nitrogen and oxygen atoms in total. The van der Waals surface area contributed by atoms with Gasteiger partial charge in [0.05, 0.1) is 6.10 Å². The molecule has 0 aliphatic carbocycles. The van der Waals surface area contributed by atoms with E-state index in [1.54, 1.807) is 24.4 Å². The molecule has 1 N–H and O–H groups in total. The van der Waals surface area contributed by atoms with Crippen LogP contribution in [0.4, 0.5) is 0 Å². The maximum Gasteiger partial charge on any atom is 0.0637 e. The average Bonchev–Trinajstić information content (AvgIpc) is 2.37. The van der Waals surface area contributed by atoms with Crippen molar-refractivity contribution in [1.29, 1.82) is 0 Å². The van der Waals surface area contributed by atoms with Crippen LogP contribution in [0.25, 0.3) is 0 Å². The summed E-state index contributed by atoms with van der Waals surface area (Å²) in [5.41, 5.74) is 1.61. The molecule has 0 spiro atoms. The Bertz CT molecular complexity index is 540. The molecule has 1 unspecified atom stereocenters. The third kappa shape index (κ3) is 4.18. The lowest BCUT2D eigenvalue weighted by Gasteiger charge is -2.12. The molecule has 1 atom stereocenters. The molecule has 0 radical (unpaired) electrons. The number of hydrogen-bond donors (Lipinski definition) is 1. The van der Waals surface area contributed by atoms with Crippen molar-refractivity contribution in [2.24, 2.45) is 0 Å². The van der Waals surface area contributed by atoms with E-state index in [2.05, 4.69) is 20.9 Å². The van der Waals surface area contributed by atoms with Gasteiger partial charge in [-0.05, 0) is 45.8 Å². The van der Waals surface area contributed by atoms with Gasteiger partial charge in [0.15, 0.2) is 0 Å². The highest BCUT2D eigenvalue weighted by Crippen LogP contribution is 2.26.